The first-order valence-electron chi connectivity index (χ1n) is 18.1. The molecule has 0 fully saturated rings. The SMILES string of the molecule is c1ccc(-c2nc3ccc4ccc5ccc(-c6c7ccccc7c(-c7cc8ccccc8cc7-c7ccccc7)c7ccccc67)cc5c4c3o2)cc1. The normalized spacial score (nSPS) is 11.8. The molecule has 0 aliphatic heterocycles. The molecule has 11 aromatic rings. The number of benzene rings is 10. The van der Waals surface area contributed by atoms with E-state index < -0.39 is 0 Å². The van der Waals surface area contributed by atoms with E-state index in [4.69, 9.17) is 9.40 Å². The maximum atomic E-state index is 6.59. The van der Waals surface area contributed by atoms with Gasteiger partial charge in [-0.05, 0) is 118 Å². The largest absolute Gasteiger partial charge is 0.435 e. The number of hydrogen-bond donors (Lipinski definition) is 0. The van der Waals surface area contributed by atoms with Crippen molar-refractivity contribution in [2.45, 2.75) is 0 Å². The summed E-state index contributed by atoms with van der Waals surface area (Å²) in [5, 5.41) is 11.9. The molecule has 0 N–H and O–H groups in total. The van der Waals surface area contributed by atoms with Gasteiger partial charge in [0.15, 0.2) is 5.58 Å². The van der Waals surface area contributed by atoms with Crippen molar-refractivity contribution in [2.75, 3.05) is 0 Å². The molecule has 0 bridgehead atoms. The molecule has 0 spiro atoms. The zero-order valence-corrected chi connectivity index (χ0v) is 28.8. The molecule has 1 aromatic heterocycles. The summed E-state index contributed by atoms with van der Waals surface area (Å²) in [5.41, 5.74) is 9.99. The Morgan fingerprint density at radius 3 is 1.55 bits per heavy atom. The summed E-state index contributed by atoms with van der Waals surface area (Å²) in [7, 11) is 0. The second-order valence-corrected chi connectivity index (χ2v) is 13.9. The van der Waals surface area contributed by atoms with Crippen LogP contribution in [0.4, 0.5) is 0 Å². The van der Waals surface area contributed by atoms with E-state index >= 15 is 0 Å². The first kappa shape index (κ1) is 29.7. The minimum atomic E-state index is 0.636. The number of hydrogen-bond acceptors (Lipinski definition) is 2. The van der Waals surface area contributed by atoms with Crippen LogP contribution < -0.4 is 0 Å². The summed E-state index contributed by atoms with van der Waals surface area (Å²) in [6, 6.07) is 67.8. The maximum Gasteiger partial charge on any atom is 0.227 e. The standard InChI is InChI=1S/C51H31NO/c1-3-13-32(14-4-1)43-29-36-17-7-8-18-37(36)30-45(43)49-41-21-11-9-19-39(41)47(40-20-10-12-22-42(40)49)38-26-24-33-23-25-34-27-28-46-50(48(34)44(33)31-38)53-51(52-46)35-15-5-2-6-16-35/h1-31H. The van der Waals surface area contributed by atoms with Gasteiger partial charge in [-0.3, -0.25) is 0 Å². The van der Waals surface area contributed by atoms with Gasteiger partial charge in [0.2, 0.25) is 5.89 Å². The van der Waals surface area contributed by atoms with Crippen LogP contribution in [-0.2, 0) is 0 Å². The minimum Gasteiger partial charge on any atom is -0.435 e. The van der Waals surface area contributed by atoms with Crippen molar-refractivity contribution in [2.24, 2.45) is 0 Å². The van der Waals surface area contributed by atoms with Crippen molar-refractivity contribution >= 4 is 65.0 Å². The molecular weight excluding hydrogens is 643 g/mol. The third kappa shape index (κ3) is 4.70. The Morgan fingerprint density at radius 2 is 0.868 bits per heavy atom. The third-order valence-corrected chi connectivity index (χ3v) is 10.8. The lowest BCUT2D eigenvalue weighted by molar-refractivity contribution is 0.623. The van der Waals surface area contributed by atoms with E-state index in [1.807, 2.05) is 30.3 Å². The Balaban J connectivity index is 1.21. The molecule has 2 heteroatoms. The fourth-order valence-electron chi connectivity index (χ4n) is 8.41. The summed E-state index contributed by atoms with van der Waals surface area (Å²) in [5.74, 6) is 0.636. The fourth-order valence-corrected chi connectivity index (χ4v) is 8.41. The molecule has 0 amide bonds. The molecule has 1 heterocycles. The van der Waals surface area contributed by atoms with Crippen LogP contribution in [0.5, 0.6) is 0 Å². The van der Waals surface area contributed by atoms with Gasteiger partial charge in [0.05, 0.1) is 0 Å². The average Bonchev–Trinajstić information content (AvgIpc) is 3.68. The number of rotatable bonds is 4. The van der Waals surface area contributed by atoms with E-state index in [1.54, 1.807) is 0 Å². The van der Waals surface area contributed by atoms with Crippen LogP contribution >= 0.6 is 0 Å². The highest BCUT2D eigenvalue weighted by molar-refractivity contribution is 6.24. The molecule has 10 aromatic carbocycles. The second-order valence-electron chi connectivity index (χ2n) is 13.9. The van der Waals surface area contributed by atoms with Crippen LogP contribution in [0, 0.1) is 0 Å². The van der Waals surface area contributed by atoms with E-state index in [0.29, 0.717) is 5.89 Å². The molecule has 0 saturated carbocycles. The number of fused-ring (bicyclic) bond motifs is 8. The van der Waals surface area contributed by atoms with Gasteiger partial charge in [-0.2, -0.15) is 0 Å². The molecular formula is C51H31NO. The van der Waals surface area contributed by atoms with Gasteiger partial charge in [-0.25, -0.2) is 4.98 Å². The van der Waals surface area contributed by atoms with Gasteiger partial charge >= 0.3 is 0 Å². The van der Waals surface area contributed by atoms with Crippen LogP contribution in [-0.4, -0.2) is 4.98 Å². The van der Waals surface area contributed by atoms with Crippen molar-refractivity contribution in [3.63, 3.8) is 0 Å². The van der Waals surface area contributed by atoms with Crippen LogP contribution in [0.2, 0.25) is 0 Å². The molecule has 0 radical (unpaired) electrons. The first-order valence-corrected chi connectivity index (χ1v) is 18.1. The van der Waals surface area contributed by atoms with Crippen molar-refractivity contribution in [1.82, 2.24) is 4.98 Å². The summed E-state index contributed by atoms with van der Waals surface area (Å²) >= 11 is 0. The lowest BCUT2D eigenvalue weighted by Gasteiger charge is -2.20. The molecule has 0 atom stereocenters. The van der Waals surface area contributed by atoms with Gasteiger partial charge in [0.25, 0.3) is 0 Å². The Kier molecular flexibility index (Phi) is 6.59. The lowest BCUT2D eigenvalue weighted by Crippen LogP contribution is -1.93. The van der Waals surface area contributed by atoms with Crippen molar-refractivity contribution in [1.29, 1.82) is 0 Å². The summed E-state index contributed by atoms with van der Waals surface area (Å²) in [4.78, 5) is 4.92. The number of oxazole rings is 1. The topological polar surface area (TPSA) is 26.0 Å². The van der Waals surface area contributed by atoms with Gasteiger partial charge in [0, 0.05) is 10.9 Å². The quantitative estimate of drug-likeness (QED) is 0.137. The van der Waals surface area contributed by atoms with Crippen molar-refractivity contribution < 1.29 is 4.42 Å². The Bertz CT molecular complexity index is 3160. The van der Waals surface area contributed by atoms with E-state index in [9.17, 15) is 0 Å². The van der Waals surface area contributed by atoms with Gasteiger partial charge in [0.1, 0.15) is 5.52 Å². The van der Waals surface area contributed by atoms with Crippen molar-refractivity contribution in [3.8, 4) is 44.8 Å². The van der Waals surface area contributed by atoms with Crippen LogP contribution in [0.3, 0.4) is 0 Å². The van der Waals surface area contributed by atoms with Crippen LogP contribution in [0.25, 0.3) is 110 Å². The molecule has 246 valence electrons. The average molecular weight is 674 g/mol. The van der Waals surface area contributed by atoms with E-state index in [1.165, 1.54) is 71.1 Å². The third-order valence-electron chi connectivity index (χ3n) is 10.8. The molecule has 0 aliphatic rings. The molecule has 0 saturated heterocycles. The van der Waals surface area contributed by atoms with Crippen LogP contribution in [0.15, 0.2) is 192 Å². The highest BCUT2D eigenvalue weighted by Crippen LogP contribution is 2.48. The molecule has 53 heavy (non-hydrogen) atoms. The van der Waals surface area contributed by atoms with E-state index in [-0.39, 0.29) is 0 Å². The highest BCUT2D eigenvalue weighted by Gasteiger charge is 2.21. The zero-order valence-electron chi connectivity index (χ0n) is 28.8. The second kappa shape index (κ2) is 11.8. The summed E-state index contributed by atoms with van der Waals surface area (Å²) < 4.78 is 6.59. The minimum absolute atomic E-state index is 0.636. The van der Waals surface area contributed by atoms with Gasteiger partial charge < -0.3 is 4.42 Å². The summed E-state index contributed by atoms with van der Waals surface area (Å²) in [6.45, 7) is 0. The smallest absolute Gasteiger partial charge is 0.227 e. The molecule has 0 unspecified atom stereocenters. The number of aromatic nitrogens is 1. The highest BCUT2D eigenvalue weighted by atomic mass is 16.3. The fraction of sp³-hybridized carbons (Fsp3) is 0. The van der Waals surface area contributed by atoms with E-state index in [0.717, 1.165) is 32.8 Å². The van der Waals surface area contributed by atoms with Crippen molar-refractivity contribution in [3.05, 3.63) is 188 Å². The lowest BCUT2D eigenvalue weighted by atomic mass is 9.82. The number of nitrogens with zero attached hydrogens (tertiary/aromatic N) is 1. The van der Waals surface area contributed by atoms with Crippen LogP contribution in [0.1, 0.15) is 0 Å². The Hall–Kier alpha value is -7.03. The van der Waals surface area contributed by atoms with E-state index in [2.05, 4.69) is 158 Å². The van der Waals surface area contributed by atoms with Gasteiger partial charge in [-0.1, -0.05) is 152 Å². The summed E-state index contributed by atoms with van der Waals surface area (Å²) in [6.07, 6.45) is 0. The molecule has 11 rings (SSSR count). The Morgan fingerprint density at radius 1 is 0.340 bits per heavy atom. The van der Waals surface area contributed by atoms with Gasteiger partial charge in [-0.15, -0.1) is 0 Å². The molecule has 2 nitrogen and oxygen atoms in total. The predicted molar refractivity (Wildman–Crippen MR) is 223 cm³/mol. The maximum absolute atomic E-state index is 6.59. The zero-order chi connectivity index (χ0) is 34.9. The Labute approximate surface area is 306 Å². The first-order chi connectivity index (χ1) is 26.3. The monoisotopic (exact) mass is 673 g/mol. The predicted octanol–water partition coefficient (Wildman–Crippen LogP) is 14.3. The molecule has 0 aliphatic carbocycles.